The lowest BCUT2D eigenvalue weighted by atomic mass is 9.83. The summed E-state index contributed by atoms with van der Waals surface area (Å²) in [5.74, 6) is 0.906. The highest BCUT2D eigenvalue weighted by atomic mass is 14.7. The number of aryl methyl sites for hydroxylation is 2. The Morgan fingerprint density at radius 1 is 0.256 bits per heavy atom. The van der Waals surface area contributed by atoms with Gasteiger partial charge in [-0.3, -0.25) is 0 Å². The van der Waals surface area contributed by atoms with Crippen molar-refractivity contribution in [1.29, 1.82) is 0 Å². The van der Waals surface area contributed by atoms with E-state index in [0.29, 0.717) is 11.8 Å². The van der Waals surface area contributed by atoms with Gasteiger partial charge in [-0.05, 0) is 194 Å². The zero-order valence-electron chi connectivity index (χ0n) is 44.7. The fraction of sp³-hybridized carbons (Fsp3) is 0.105. The molecule has 0 aliphatic rings. The number of hydrogen-bond donors (Lipinski definition) is 0. The number of fused-ring (bicyclic) bond motifs is 8. The molecule has 0 aliphatic heterocycles. The Morgan fingerprint density at radius 2 is 0.577 bits per heavy atom. The molecule has 368 valence electrons. The van der Waals surface area contributed by atoms with Gasteiger partial charge in [-0.1, -0.05) is 197 Å². The molecule has 2 aromatic heterocycles. The summed E-state index contributed by atoms with van der Waals surface area (Å²) < 4.78 is 0. The predicted octanol–water partition coefficient (Wildman–Crippen LogP) is 21.6. The van der Waals surface area contributed by atoms with Crippen molar-refractivity contribution in [2.24, 2.45) is 0 Å². The van der Waals surface area contributed by atoms with Crippen LogP contribution in [0.2, 0.25) is 0 Å². The van der Waals surface area contributed by atoms with Crippen molar-refractivity contribution >= 4 is 119 Å². The van der Waals surface area contributed by atoms with Crippen molar-refractivity contribution in [3.8, 4) is 44.5 Å². The number of aromatic nitrogens is 2. The van der Waals surface area contributed by atoms with E-state index in [4.69, 9.17) is 9.97 Å². The van der Waals surface area contributed by atoms with E-state index >= 15 is 0 Å². The van der Waals surface area contributed by atoms with Crippen LogP contribution in [0.4, 0.5) is 0 Å². The van der Waals surface area contributed by atoms with Gasteiger partial charge in [0.05, 0.1) is 22.1 Å². The first-order valence-electron chi connectivity index (χ1n) is 27.7. The molecule has 0 radical (unpaired) electrons. The van der Waals surface area contributed by atoms with Gasteiger partial charge in [0.2, 0.25) is 0 Å². The molecule has 16 rings (SSSR count). The molecule has 0 unspecified atom stereocenters. The van der Waals surface area contributed by atoms with Crippen LogP contribution in [-0.2, 0) is 0 Å². The second-order valence-corrected chi connectivity index (χ2v) is 23.0. The third-order valence-electron chi connectivity index (χ3n) is 17.5. The molecule has 0 fully saturated rings. The highest BCUT2D eigenvalue weighted by molar-refractivity contribution is 6.41. The Morgan fingerprint density at radius 3 is 1.00 bits per heavy atom. The van der Waals surface area contributed by atoms with Gasteiger partial charge in [-0.25, -0.2) is 9.97 Å². The molecule has 0 aliphatic carbocycles. The summed E-state index contributed by atoms with van der Waals surface area (Å²) in [5.41, 5.74) is 18.9. The standard InChI is InChI=1S/C76H54N2/c1-41(2)45-11-13-55-37-59(21-19-51(55)33-45)69-63-27-29-67-73-71(63)75(61-25-23-57(39-65(61)69)53-17-15-47-31-43(5)7-9-49(47)35-53)77-68-30-28-64-70(60-22-20-52-34-46(42(3)4)12-14-56(52)38-60)66-40-58(24-26-62(66)76(78-67)72(64)74(68)73)54-18-16-48-32-44(6)8-10-50(48)36-54/h7-42H,1-6H3. The van der Waals surface area contributed by atoms with Gasteiger partial charge in [-0.2, -0.15) is 0 Å². The summed E-state index contributed by atoms with van der Waals surface area (Å²) >= 11 is 0. The van der Waals surface area contributed by atoms with Gasteiger partial charge < -0.3 is 0 Å². The highest BCUT2D eigenvalue weighted by Crippen LogP contribution is 2.51. The van der Waals surface area contributed by atoms with Crippen LogP contribution in [0, 0.1) is 13.8 Å². The number of nitrogens with zero attached hydrogens (tertiary/aromatic N) is 2. The molecule has 0 atom stereocenters. The molecule has 0 saturated heterocycles. The molecule has 0 N–H and O–H groups in total. The van der Waals surface area contributed by atoms with Gasteiger partial charge in [0.25, 0.3) is 0 Å². The van der Waals surface area contributed by atoms with Crippen LogP contribution in [0.15, 0.2) is 206 Å². The second-order valence-electron chi connectivity index (χ2n) is 23.0. The molecule has 0 amide bonds. The van der Waals surface area contributed by atoms with E-state index in [1.807, 2.05) is 0 Å². The molecule has 14 aromatic carbocycles. The zero-order valence-corrected chi connectivity index (χ0v) is 44.7. The second kappa shape index (κ2) is 16.6. The third kappa shape index (κ3) is 6.75. The molecule has 0 bridgehead atoms. The zero-order chi connectivity index (χ0) is 52.2. The largest absolute Gasteiger partial charge is 0.247 e. The van der Waals surface area contributed by atoms with Crippen molar-refractivity contribution in [3.63, 3.8) is 0 Å². The normalized spacial score (nSPS) is 12.5. The number of hydrogen-bond acceptors (Lipinski definition) is 2. The van der Waals surface area contributed by atoms with Crippen LogP contribution < -0.4 is 0 Å². The van der Waals surface area contributed by atoms with Crippen LogP contribution in [0.5, 0.6) is 0 Å². The average Bonchev–Trinajstić information content (AvgIpc) is 2.45. The van der Waals surface area contributed by atoms with Crippen molar-refractivity contribution in [3.05, 3.63) is 229 Å². The Hall–Kier alpha value is -9.24. The first kappa shape index (κ1) is 45.0. The topological polar surface area (TPSA) is 25.8 Å². The molecule has 2 heteroatoms. The van der Waals surface area contributed by atoms with Crippen LogP contribution in [0.3, 0.4) is 0 Å². The summed E-state index contributed by atoms with van der Waals surface area (Å²) in [4.78, 5) is 11.6. The van der Waals surface area contributed by atoms with E-state index in [-0.39, 0.29) is 0 Å². The summed E-state index contributed by atoms with van der Waals surface area (Å²) in [5, 5.41) is 21.8. The van der Waals surface area contributed by atoms with Crippen LogP contribution >= 0.6 is 0 Å². The van der Waals surface area contributed by atoms with Crippen molar-refractivity contribution in [2.75, 3.05) is 0 Å². The maximum Gasteiger partial charge on any atom is 0.0801 e. The van der Waals surface area contributed by atoms with E-state index in [1.54, 1.807) is 0 Å². The Labute approximate surface area is 452 Å². The Kier molecular flexibility index (Phi) is 9.59. The molecule has 78 heavy (non-hydrogen) atoms. The van der Waals surface area contributed by atoms with Crippen molar-refractivity contribution in [2.45, 2.75) is 53.4 Å². The SMILES string of the molecule is Cc1ccc2cc(-c3ccc4c(c3)c(-c3ccc5cc(C(C)C)ccc5c3)c3ccc5nc6c7ccc(-c8ccc9cc(C)ccc9c8)cc7c(-c7ccc8cc(C(C)C)ccc8c7)c7ccc8nc4c3c5c8c76)ccc2c1. The van der Waals surface area contributed by atoms with E-state index in [0.717, 1.165) is 32.8 Å². The summed E-state index contributed by atoms with van der Waals surface area (Å²) in [6.07, 6.45) is 0. The smallest absolute Gasteiger partial charge is 0.0801 e. The minimum atomic E-state index is 0.453. The maximum absolute atomic E-state index is 5.82. The molecule has 0 saturated carbocycles. The van der Waals surface area contributed by atoms with Gasteiger partial charge in [0.1, 0.15) is 0 Å². The lowest BCUT2D eigenvalue weighted by Crippen LogP contribution is -1.99. The first-order chi connectivity index (χ1) is 38.1. The lowest BCUT2D eigenvalue weighted by molar-refractivity contribution is 0.869. The molecular formula is C76H54N2. The van der Waals surface area contributed by atoms with Crippen molar-refractivity contribution in [1.82, 2.24) is 9.97 Å². The number of benzene rings is 14. The van der Waals surface area contributed by atoms with E-state index in [2.05, 4.69) is 248 Å². The lowest BCUT2D eigenvalue weighted by Gasteiger charge is -2.22. The highest BCUT2D eigenvalue weighted by Gasteiger charge is 2.26. The summed E-state index contributed by atoms with van der Waals surface area (Å²) in [6.45, 7) is 13.4. The first-order valence-corrected chi connectivity index (χ1v) is 27.7. The maximum atomic E-state index is 5.82. The molecular weight excluding hydrogens is 941 g/mol. The fourth-order valence-electron chi connectivity index (χ4n) is 13.4. The Balaban J connectivity index is 0.999. The van der Waals surface area contributed by atoms with E-state index < -0.39 is 0 Å². The minimum absolute atomic E-state index is 0.453. The predicted molar refractivity (Wildman–Crippen MR) is 336 cm³/mol. The van der Waals surface area contributed by atoms with Crippen molar-refractivity contribution < 1.29 is 0 Å². The van der Waals surface area contributed by atoms with E-state index in [9.17, 15) is 0 Å². The third-order valence-corrected chi connectivity index (χ3v) is 17.5. The quantitative estimate of drug-likeness (QED) is 0.123. The molecule has 2 nitrogen and oxygen atoms in total. The molecule has 16 aromatic rings. The number of pyridine rings is 2. The minimum Gasteiger partial charge on any atom is -0.247 e. The average molecular weight is 995 g/mol. The van der Waals surface area contributed by atoms with Crippen LogP contribution in [0.25, 0.3) is 164 Å². The van der Waals surface area contributed by atoms with Gasteiger partial charge in [0, 0.05) is 32.3 Å². The fourth-order valence-corrected chi connectivity index (χ4v) is 13.4. The molecule has 0 spiro atoms. The Bertz CT molecular complexity index is 4900. The van der Waals surface area contributed by atoms with Gasteiger partial charge in [0.15, 0.2) is 0 Å². The summed E-state index contributed by atoms with van der Waals surface area (Å²) in [7, 11) is 0. The van der Waals surface area contributed by atoms with Gasteiger partial charge in [-0.15, -0.1) is 0 Å². The number of rotatable bonds is 6. The van der Waals surface area contributed by atoms with Crippen LogP contribution in [-0.4, -0.2) is 9.97 Å². The van der Waals surface area contributed by atoms with Crippen LogP contribution in [0.1, 0.15) is 61.8 Å². The molecule has 2 heterocycles. The monoisotopic (exact) mass is 994 g/mol. The van der Waals surface area contributed by atoms with E-state index in [1.165, 1.54) is 153 Å². The summed E-state index contributed by atoms with van der Waals surface area (Å²) in [6, 6.07) is 78.7. The van der Waals surface area contributed by atoms with Gasteiger partial charge >= 0.3 is 0 Å².